The van der Waals surface area contributed by atoms with Gasteiger partial charge in [0.2, 0.25) is 0 Å². The molecule has 3 heterocycles. The summed E-state index contributed by atoms with van der Waals surface area (Å²) in [7, 11) is 1.66. The molecule has 3 aromatic rings. The van der Waals surface area contributed by atoms with Crippen LogP contribution in [0.2, 0.25) is 0 Å². The number of halogens is 1. The van der Waals surface area contributed by atoms with E-state index in [-0.39, 0.29) is 17.3 Å². The van der Waals surface area contributed by atoms with Gasteiger partial charge < -0.3 is 15.2 Å². The van der Waals surface area contributed by atoms with Crippen LogP contribution in [-0.2, 0) is 7.05 Å². The monoisotopic (exact) mass is 381 g/mol. The number of aromatic nitrogens is 3. The van der Waals surface area contributed by atoms with Crippen LogP contribution in [0.5, 0.6) is 0 Å². The first-order valence-electron chi connectivity index (χ1n) is 9.69. The Bertz CT molecular complexity index is 1070. The molecule has 0 amide bonds. The third-order valence-electron chi connectivity index (χ3n) is 5.32. The number of fused-ring (bicyclic) bond motifs is 1. The van der Waals surface area contributed by atoms with E-state index >= 15 is 0 Å². The van der Waals surface area contributed by atoms with Gasteiger partial charge in [-0.1, -0.05) is 12.1 Å². The lowest BCUT2D eigenvalue weighted by atomic mass is 9.89. The van der Waals surface area contributed by atoms with Gasteiger partial charge in [-0.05, 0) is 56.5 Å². The minimum atomic E-state index is -0.201. The maximum Gasteiger partial charge on any atom is 0.264 e. The molecular weight excluding hydrogens is 357 g/mol. The zero-order valence-electron chi connectivity index (χ0n) is 16.1. The molecule has 1 fully saturated rings. The lowest BCUT2D eigenvalue weighted by molar-refractivity contribution is 0.445. The predicted molar refractivity (Wildman–Crippen MR) is 109 cm³/mol. The van der Waals surface area contributed by atoms with Crippen molar-refractivity contribution >= 4 is 16.7 Å². The molecule has 0 atom stereocenters. The van der Waals surface area contributed by atoms with Gasteiger partial charge >= 0.3 is 0 Å². The molecule has 1 aromatic carbocycles. The molecule has 2 N–H and O–H groups in total. The van der Waals surface area contributed by atoms with Crippen molar-refractivity contribution in [3.8, 4) is 11.3 Å². The molecule has 0 spiro atoms. The molecule has 7 heteroatoms. The van der Waals surface area contributed by atoms with Crippen LogP contribution in [0.3, 0.4) is 0 Å². The highest BCUT2D eigenvalue weighted by Gasteiger charge is 2.20. The van der Waals surface area contributed by atoms with Crippen LogP contribution >= 0.6 is 0 Å². The largest absolute Gasteiger partial charge is 0.370 e. The van der Waals surface area contributed by atoms with Crippen molar-refractivity contribution in [1.29, 1.82) is 0 Å². The molecule has 1 aliphatic rings. The van der Waals surface area contributed by atoms with Gasteiger partial charge in [0.05, 0.1) is 17.5 Å². The second-order valence-electron chi connectivity index (χ2n) is 7.20. The zero-order valence-corrected chi connectivity index (χ0v) is 16.1. The molecule has 2 aromatic heterocycles. The molecule has 0 unspecified atom stereocenters. The lowest BCUT2D eigenvalue weighted by Crippen LogP contribution is -2.27. The molecule has 6 nitrogen and oxygen atoms in total. The third kappa shape index (κ3) is 3.38. The Morgan fingerprint density at radius 3 is 2.79 bits per heavy atom. The summed E-state index contributed by atoms with van der Waals surface area (Å²) in [5.74, 6) is 0.529. The normalized spacial score (nSPS) is 15.1. The highest BCUT2D eigenvalue weighted by atomic mass is 19.1. The first-order chi connectivity index (χ1) is 13.6. The van der Waals surface area contributed by atoms with Crippen molar-refractivity contribution in [3.63, 3.8) is 0 Å². The lowest BCUT2D eigenvalue weighted by Gasteiger charge is -2.23. The van der Waals surface area contributed by atoms with Crippen LogP contribution in [0.25, 0.3) is 22.2 Å². The van der Waals surface area contributed by atoms with Crippen molar-refractivity contribution in [2.75, 3.05) is 25.0 Å². The molecule has 1 aliphatic heterocycles. The SMILES string of the molecule is CCNc1nc(-c2ccc(C3CCNCC3)c(F)c2)cc2ncn(C)c(=O)c12. The number of benzene rings is 1. The minimum absolute atomic E-state index is 0.160. The Morgan fingerprint density at radius 1 is 1.29 bits per heavy atom. The number of anilines is 1. The number of hydrogen-bond acceptors (Lipinski definition) is 5. The number of pyridine rings is 1. The second kappa shape index (κ2) is 7.67. The summed E-state index contributed by atoms with van der Waals surface area (Å²) in [6.07, 6.45) is 3.38. The van der Waals surface area contributed by atoms with Gasteiger partial charge in [0.1, 0.15) is 17.0 Å². The number of aryl methyl sites for hydroxylation is 1. The van der Waals surface area contributed by atoms with Gasteiger partial charge in [-0.15, -0.1) is 0 Å². The van der Waals surface area contributed by atoms with Crippen LogP contribution in [0.4, 0.5) is 10.2 Å². The summed E-state index contributed by atoms with van der Waals surface area (Å²) < 4.78 is 16.3. The fourth-order valence-corrected chi connectivity index (χ4v) is 3.82. The van der Waals surface area contributed by atoms with E-state index in [2.05, 4.69) is 20.6 Å². The Balaban J connectivity index is 1.79. The summed E-state index contributed by atoms with van der Waals surface area (Å²) in [6, 6.07) is 7.07. The van der Waals surface area contributed by atoms with E-state index in [9.17, 15) is 9.18 Å². The summed E-state index contributed by atoms with van der Waals surface area (Å²) >= 11 is 0. The maximum atomic E-state index is 14.9. The van der Waals surface area contributed by atoms with Crippen molar-refractivity contribution in [1.82, 2.24) is 19.9 Å². The Kier molecular flexibility index (Phi) is 5.09. The standard InChI is InChI=1S/C21H24FN5O/c1-3-24-20-19-18(25-12-27(2)21(19)28)11-17(26-20)14-4-5-15(16(22)10-14)13-6-8-23-9-7-13/h4-5,10-13,23H,3,6-9H2,1-2H3,(H,24,26). The summed E-state index contributed by atoms with van der Waals surface area (Å²) in [6.45, 7) is 4.40. The first kappa shape index (κ1) is 18.6. The smallest absolute Gasteiger partial charge is 0.264 e. The van der Waals surface area contributed by atoms with Gasteiger partial charge in [0, 0.05) is 19.2 Å². The van der Waals surface area contributed by atoms with Gasteiger partial charge in [0.15, 0.2) is 0 Å². The summed E-state index contributed by atoms with van der Waals surface area (Å²) in [5, 5.41) is 6.90. The fraction of sp³-hybridized carbons (Fsp3) is 0.381. The average Bonchev–Trinajstić information content (AvgIpc) is 2.71. The van der Waals surface area contributed by atoms with E-state index < -0.39 is 0 Å². The topological polar surface area (TPSA) is 71.8 Å². The Morgan fingerprint density at radius 2 is 2.07 bits per heavy atom. The second-order valence-corrected chi connectivity index (χ2v) is 7.20. The van der Waals surface area contributed by atoms with Gasteiger partial charge in [-0.2, -0.15) is 0 Å². The van der Waals surface area contributed by atoms with E-state index in [1.54, 1.807) is 19.2 Å². The molecule has 4 rings (SSSR count). The molecule has 0 aliphatic carbocycles. The summed E-state index contributed by atoms with van der Waals surface area (Å²) in [4.78, 5) is 21.5. The van der Waals surface area contributed by atoms with E-state index in [4.69, 9.17) is 0 Å². The van der Waals surface area contributed by atoms with Crippen LogP contribution in [0, 0.1) is 5.82 Å². The zero-order chi connectivity index (χ0) is 19.7. The molecule has 0 radical (unpaired) electrons. The summed E-state index contributed by atoms with van der Waals surface area (Å²) in [5.41, 5.74) is 2.43. The molecular formula is C21H24FN5O. The van der Waals surface area contributed by atoms with E-state index in [0.717, 1.165) is 31.5 Å². The first-order valence-corrected chi connectivity index (χ1v) is 9.69. The number of hydrogen-bond donors (Lipinski definition) is 2. The minimum Gasteiger partial charge on any atom is -0.370 e. The van der Waals surface area contributed by atoms with E-state index in [0.29, 0.717) is 34.5 Å². The molecule has 1 saturated heterocycles. The van der Waals surface area contributed by atoms with Crippen molar-refractivity contribution in [2.45, 2.75) is 25.7 Å². The Labute approximate surface area is 162 Å². The van der Waals surface area contributed by atoms with Crippen LogP contribution in [-0.4, -0.2) is 34.2 Å². The quantitative estimate of drug-likeness (QED) is 0.727. The van der Waals surface area contributed by atoms with E-state index in [1.807, 2.05) is 19.1 Å². The number of piperidine rings is 1. The average molecular weight is 381 g/mol. The highest BCUT2D eigenvalue weighted by Crippen LogP contribution is 2.31. The number of rotatable bonds is 4. The number of nitrogens with zero attached hydrogens (tertiary/aromatic N) is 3. The van der Waals surface area contributed by atoms with Gasteiger partial charge in [-0.25, -0.2) is 14.4 Å². The molecule has 0 saturated carbocycles. The van der Waals surface area contributed by atoms with Crippen molar-refractivity contribution in [3.05, 3.63) is 52.3 Å². The van der Waals surface area contributed by atoms with Crippen molar-refractivity contribution in [2.24, 2.45) is 7.05 Å². The van der Waals surface area contributed by atoms with Crippen LogP contribution in [0.15, 0.2) is 35.4 Å². The van der Waals surface area contributed by atoms with E-state index in [1.165, 1.54) is 10.9 Å². The van der Waals surface area contributed by atoms with Crippen LogP contribution < -0.4 is 16.2 Å². The highest BCUT2D eigenvalue weighted by molar-refractivity contribution is 5.91. The fourth-order valence-electron chi connectivity index (χ4n) is 3.82. The molecule has 28 heavy (non-hydrogen) atoms. The van der Waals surface area contributed by atoms with Crippen molar-refractivity contribution < 1.29 is 4.39 Å². The molecule has 146 valence electrons. The number of nitrogens with one attached hydrogen (secondary N) is 2. The predicted octanol–water partition coefficient (Wildman–Crippen LogP) is 3.03. The third-order valence-corrected chi connectivity index (χ3v) is 5.32. The van der Waals surface area contributed by atoms with Crippen LogP contribution in [0.1, 0.15) is 31.2 Å². The Hall–Kier alpha value is -2.80. The molecule has 0 bridgehead atoms. The van der Waals surface area contributed by atoms with Gasteiger partial charge in [0.25, 0.3) is 5.56 Å². The van der Waals surface area contributed by atoms with Gasteiger partial charge in [-0.3, -0.25) is 4.79 Å². The maximum absolute atomic E-state index is 14.9.